The Morgan fingerprint density at radius 2 is 1.86 bits per heavy atom. The fourth-order valence-electron chi connectivity index (χ4n) is 3.03. The van der Waals surface area contributed by atoms with Crippen molar-refractivity contribution in [1.82, 2.24) is 24.9 Å². The van der Waals surface area contributed by atoms with Crippen LogP contribution in [0, 0.1) is 0 Å². The van der Waals surface area contributed by atoms with Crippen molar-refractivity contribution in [1.29, 1.82) is 0 Å². The minimum absolute atomic E-state index is 0.118. The molecule has 0 saturated heterocycles. The standard InChI is InChI=1S/C21H20ClN5O2/c1-3-6-13-7-5-8-14(9-13)28-20-17-18(22)16(4-2)25-19(17)26-21(27-20)29-15-10-23-12-24-11-15/h5,7-12H,3-4,6H2,1-2H3,(H,25,26,27). The van der Waals surface area contributed by atoms with Crippen LogP contribution in [0.15, 0.2) is 43.0 Å². The van der Waals surface area contributed by atoms with Crippen LogP contribution >= 0.6 is 11.6 Å². The summed E-state index contributed by atoms with van der Waals surface area (Å²) in [5, 5.41) is 1.18. The van der Waals surface area contributed by atoms with Gasteiger partial charge in [-0.15, -0.1) is 0 Å². The van der Waals surface area contributed by atoms with Crippen molar-refractivity contribution in [2.45, 2.75) is 33.1 Å². The summed E-state index contributed by atoms with van der Waals surface area (Å²) in [5.41, 5.74) is 2.61. The highest BCUT2D eigenvalue weighted by Crippen LogP contribution is 2.37. The molecule has 148 valence electrons. The zero-order chi connectivity index (χ0) is 20.2. The Hall–Kier alpha value is -3.19. The summed E-state index contributed by atoms with van der Waals surface area (Å²) in [4.78, 5) is 20.0. The number of ether oxygens (including phenoxy) is 2. The fourth-order valence-corrected chi connectivity index (χ4v) is 3.38. The summed E-state index contributed by atoms with van der Waals surface area (Å²) < 4.78 is 11.8. The molecule has 0 saturated carbocycles. The normalized spacial score (nSPS) is 11.0. The largest absolute Gasteiger partial charge is 0.438 e. The molecule has 0 spiro atoms. The van der Waals surface area contributed by atoms with E-state index in [1.54, 1.807) is 0 Å². The third kappa shape index (κ3) is 4.14. The monoisotopic (exact) mass is 409 g/mol. The molecular formula is C21H20ClN5O2. The predicted octanol–water partition coefficient (Wildman–Crippen LogP) is 5.50. The Kier molecular flexibility index (Phi) is 5.57. The number of hydrogen-bond acceptors (Lipinski definition) is 6. The highest BCUT2D eigenvalue weighted by atomic mass is 35.5. The molecule has 3 aromatic heterocycles. The van der Waals surface area contributed by atoms with E-state index in [1.807, 2.05) is 25.1 Å². The number of aromatic nitrogens is 5. The number of H-pyrrole nitrogens is 1. The summed E-state index contributed by atoms with van der Waals surface area (Å²) in [5.74, 6) is 1.44. The van der Waals surface area contributed by atoms with Crippen LogP contribution in [0.4, 0.5) is 0 Å². The molecule has 0 aliphatic carbocycles. The van der Waals surface area contributed by atoms with E-state index >= 15 is 0 Å². The van der Waals surface area contributed by atoms with Gasteiger partial charge in [-0.1, -0.05) is 44.0 Å². The Balaban J connectivity index is 1.77. The van der Waals surface area contributed by atoms with Gasteiger partial charge in [-0.2, -0.15) is 9.97 Å². The molecule has 1 aromatic carbocycles. The summed E-state index contributed by atoms with van der Waals surface area (Å²) in [6.45, 7) is 4.15. The second-order valence-electron chi connectivity index (χ2n) is 6.48. The van der Waals surface area contributed by atoms with Gasteiger partial charge in [0.15, 0.2) is 5.75 Å². The molecule has 0 radical (unpaired) electrons. The first-order chi connectivity index (χ1) is 14.2. The number of nitrogens with zero attached hydrogens (tertiary/aromatic N) is 4. The number of aryl methyl sites for hydroxylation is 2. The van der Waals surface area contributed by atoms with E-state index in [0.29, 0.717) is 33.4 Å². The van der Waals surface area contributed by atoms with Gasteiger partial charge in [0, 0.05) is 5.69 Å². The van der Waals surface area contributed by atoms with Crippen molar-refractivity contribution in [3.63, 3.8) is 0 Å². The number of benzene rings is 1. The maximum atomic E-state index is 6.57. The zero-order valence-electron chi connectivity index (χ0n) is 16.1. The molecule has 0 unspecified atom stereocenters. The lowest BCUT2D eigenvalue weighted by Gasteiger charge is -2.10. The van der Waals surface area contributed by atoms with E-state index < -0.39 is 0 Å². The van der Waals surface area contributed by atoms with Gasteiger partial charge >= 0.3 is 6.01 Å². The maximum Gasteiger partial charge on any atom is 0.327 e. The lowest BCUT2D eigenvalue weighted by atomic mass is 10.1. The minimum atomic E-state index is 0.118. The van der Waals surface area contributed by atoms with Crippen molar-refractivity contribution >= 4 is 22.6 Å². The summed E-state index contributed by atoms with van der Waals surface area (Å²) >= 11 is 6.57. The highest BCUT2D eigenvalue weighted by Gasteiger charge is 2.19. The summed E-state index contributed by atoms with van der Waals surface area (Å²) in [6, 6.07) is 8.05. The summed E-state index contributed by atoms with van der Waals surface area (Å²) in [6.07, 6.45) is 7.25. The molecule has 8 heteroatoms. The first-order valence-electron chi connectivity index (χ1n) is 9.45. The van der Waals surface area contributed by atoms with Crippen molar-refractivity contribution in [3.8, 4) is 23.4 Å². The number of nitrogens with one attached hydrogen (secondary N) is 1. The van der Waals surface area contributed by atoms with E-state index in [4.69, 9.17) is 21.1 Å². The van der Waals surface area contributed by atoms with Gasteiger partial charge in [0.1, 0.15) is 23.1 Å². The van der Waals surface area contributed by atoms with Crippen molar-refractivity contribution < 1.29 is 9.47 Å². The topological polar surface area (TPSA) is 85.8 Å². The lowest BCUT2D eigenvalue weighted by Crippen LogP contribution is -1.97. The average molecular weight is 410 g/mol. The zero-order valence-corrected chi connectivity index (χ0v) is 16.9. The van der Waals surface area contributed by atoms with Gasteiger partial charge in [-0.3, -0.25) is 0 Å². The number of aromatic amines is 1. The second-order valence-corrected chi connectivity index (χ2v) is 6.86. The van der Waals surface area contributed by atoms with Gasteiger partial charge in [0.25, 0.3) is 0 Å². The van der Waals surface area contributed by atoms with Crippen LogP contribution in [0.25, 0.3) is 11.0 Å². The molecule has 4 rings (SSSR count). The third-order valence-electron chi connectivity index (χ3n) is 4.36. The van der Waals surface area contributed by atoms with Gasteiger partial charge in [0.2, 0.25) is 5.88 Å². The molecule has 7 nitrogen and oxygen atoms in total. The van der Waals surface area contributed by atoms with Crippen LogP contribution in [0.2, 0.25) is 5.02 Å². The summed E-state index contributed by atoms with van der Waals surface area (Å²) in [7, 11) is 0. The first kappa shape index (κ1) is 19.1. The number of hydrogen-bond donors (Lipinski definition) is 1. The molecule has 0 atom stereocenters. The van der Waals surface area contributed by atoms with Crippen molar-refractivity contribution in [3.05, 3.63) is 59.3 Å². The highest BCUT2D eigenvalue weighted by molar-refractivity contribution is 6.36. The Labute approximate surface area is 173 Å². The molecule has 0 fully saturated rings. The van der Waals surface area contributed by atoms with Crippen LogP contribution in [0.1, 0.15) is 31.5 Å². The van der Waals surface area contributed by atoms with Crippen LogP contribution in [0.3, 0.4) is 0 Å². The van der Waals surface area contributed by atoms with E-state index in [2.05, 4.69) is 37.9 Å². The fraction of sp³-hybridized carbons (Fsp3) is 0.238. The molecule has 4 aromatic rings. The van der Waals surface area contributed by atoms with Gasteiger partial charge in [0.05, 0.1) is 17.4 Å². The van der Waals surface area contributed by atoms with E-state index in [9.17, 15) is 0 Å². The Morgan fingerprint density at radius 1 is 1.03 bits per heavy atom. The SMILES string of the molecule is CCCc1cccc(Oc2nc(Oc3cncnc3)nc3[nH]c(CC)c(Cl)c23)c1. The van der Waals surface area contributed by atoms with Crippen LogP contribution in [-0.4, -0.2) is 24.9 Å². The molecule has 0 amide bonds. The molecular weight excluding hydrogens is 390 g/mol. The van der Waals surface area contributed by atoms with Gasteiger partial charge in [-0.05, 0) is 30.5 Å². The molecule has 0 aliphatic heterocycles. The molecule has 0 bridgehead atoms. The molecule has 0 aliphatic rings. The maximum absolute atomic E-state index is 6.57. The molecule has 29 heavy (non-hydrogen) atoms. The Morgan fingerprint density at radius 3 is 2.62 bits per heavy atom. The average Bonchev–Trinajstić information content (AvgIpc) is 3.05. The van der Waals surface area contributed by atoms with Crippen LogP contribution < -0.4 is 9.47 Å². The second kappa shape index (κ2) is 8.45. The lowest BCUT2D eigenvalue weighted by molar-refractivity contribution is 0.414. The number of rotatable bonds is 7. The van der Waals surface area contributed by atoms with Crippen molar-refractivity contribution in [2.75, 3.05) is 0 Å². The third-order valence-corrected chi connectivity index (χ3v) is 4.78. The first-order valence-corrected chi connectivity index (χ1v) is 9.83. The van der Waals surface area contributed by atoms with E-state index in [-0.39, 0.29) is 6.01 Å². The van der Waals surface area contributed by atoms with Crippen LogP contribution in [0.5, 0.6) is 23.4 Å². The minimum Gasteiger partial charge on any atom is -0.438 e. The molecule has 3 heterocycles. The predicted molar refractivity (Wildman–Crippen MR) is 111 cm³/mol. The van der Waals surface area contributed by atoms with Gasteiger partial charge in [-0.25, -0.2) is 9.97 Å². The number of fused-ring (bicyclic) bond motifs is 1. The smallest absolute Gasteiger partial charge is 0.327 e. The van der Waals surface area contributed by atoms with Gasteiger partial charge < -0.3 is 14.5 Å². The van der Waals surface area contributed by atoms with Crippen LogP contribution in [-0.2, 0) is 12.8 Å². The molecule has 1 N–H and O–H groups in total. The Bertz CT molecular complexity index is 1130. The van der Waals surface area contributed by atoms with E-state index in [1.165, 1.54) is 24.3 Å². The quantitative estimate of drug-likeness (QED) is 0.433. The van der Waals surface area contributed by atoms with E-state index in [0.717, 1.165) is 25.0 Å². The van der Waals surface area contributed by atoms with Crippen molar-refractivity contribution in [2.24, 2.45) is 0 Å². The number of halogens is 1.